The van der Waals surface area contributed by atoms with Crippen LogP contribution in [-0.4, -0.2) is 56.0 Å². The summed E-state index contributed by atoms with van der Waals surface area (Å²) in [5.41, 5.74) is 9.10. The van der Waals surface area contributed by atoms with Gasteiger partial charge in [0.05, 0.1) is 6.61 Å². The number of hydrogen-bond donors (Lipinski definition) is 2. The molecular formula is C27H26ClN3O5S. The van der Waals surface area contributed by atoms with Crippen molar-refractivity contribution in [2.75, 3.05) is 26.3 Å². The first-order valence-corrected chi connectivity index (χ1v) is 13.6. The van der Waals surface area contributed by atoms with E-state index in [1.54, 1.807) is 12.1 Å². The van der Waals surface area contributed by atoms with Gasteiger partial charge in [-0.25, -0.2) is 8.42 Å². The lowest BCUT2D eigenvalue weighted by molar-refractivity contribution is -0.0249. The minimum atomic E-state index is -4.09. The number of halogens is 1. The predicted molar refractivity (Wildman–Crippen MR) is 142 cm³/mol. The standard InChI is InChI=1S/C27H26ClN3O5S/c1-17-5-2-3-8-22(17)18-6-4-7-20(13-18)36-16-21-15-31(11-12-35-21)37(33,34)26-23-14-19(28)9-10-24(23)30-25(26)27(29)32/h2-10,13-14,21,30H,11-12,15-16H2,1H3,(H2,29,32). The van der Waals surface area contributed by atoms with Gasteiger partial charge < -0.3 is 20.2 Å². The van der Waals surface area contributed by atoms with E-state index >= 15 is 0 Å². The van der Waals surface area contributed by atoms with Crippen molar-refractivity contribution >= 4 is 38.4 Å². The molecule has 0 saturated carbocycles. The number of aryl methyl sites for hydroxylation is 1. The highest BCUT2D eigenvalue weighted by Crippen LogP contribution is 2.32. The van der Waals surface area contributed by atoms with E-state index in [2.05, 4.69) is 24.0 Å². The molecule has 0 aliphatic carbocycles. The number of H-pyrrole nitrogens is 1. The number of benzene rings is 3. The number of nitrogens with two attached hydrogens (primary N) is 1. The van der Waals surface area contributed by atoms with Crippen LogP contribution in [0.4, 0.5) is 0 Å². The number of aromatic nitrogens is 1. The summed E-state index contributed by atoms with van der Waals surface area (Å²) in [5.74, 6) is -0.209. The molecule has 0 bridgehead atoms. The Hall–Kier alpha value is -3.37. The smallest absolute Gasteiger partial charge is 0.266 e. The van der Waals surface area contributed by atoms with Crippen molar-refractivity contribution in [3.05, 3.63) is 83.0 Å². The molecule has 1 aliphatic rings. The molecule has 1 unspecified atom stereocenters. The van der Waals surface area contributed by atoms with Crippen molar-refractivity contribution in [2.24, 2.45) is 5.73 Å². The summed E-state index contributed by atoms with van der Waals surface area (Å²) in [4.78, 5) is 14.8. The maximum absolute atomic E-state index is 13.7. The van der Waals surface area contributed by atoms with Gasteiger partial charge in [0.1, 0.15) is 29.0 Å². The summed E-state index contributed by atoms with van der Waals surface area (Å²) in [5, 5.41) is 0.661. The fourth-order valence-corrected chi connectivity index (χ4v) is 6.52. The van der Waals surface area contributed by atoms with E-state index in [1.165, 1.54) is 10.4 Å². The van der Waals surface area contributed by atoms with E-state index in [1.807, 2.05) is 36.4 Å². The zero-order chi connectivity index (χ0) is 26.2. The first-order chi connectivity index (χ1) is 17.7. The highest BCUT2D eigenvalue weighted by atomic mass is 35.5. The number of morpholine rings is 1. The lowest BCUT2D eigenvalue weighted by atomic mass is 10.0. The number of rotatable bonds is 7. The molecule has 1 amide bonds. The number of nitrogens with zero attached hydrogens (tertiary/aromatic N) is 1. The van der Waals surface area contributed by atoms with Crippen LogP contribution in [-0.2, 0) is 14.8 Å². The molecule has 37 heavy (non-hydrogen) atoms. The maximum atomic E-state index is 13.7. The first-order valence-electron chi connectivity index (χ1n) is 11.8. The molecule has 1 fully saturated rings. The zero-order valence-corrected chi connectivity index (χ0v) is 21.7. The van der Waals surface area contributed by atoms with Gasteiger partial charge in [0.25, 0.3) is 5.91 Å². The lowest BCUT2D eigenvalue weighted by Crippen LogP contribution is -2.47. The Balaban J connectivity index is 1.35. The highest BCUT2D eigenvalue weighted by Gasteiger charge is 2.36. The third-order valence-corrected chi connectivity index (χ3v) is 8.57. The van der Waals surface area contributed by atoms with Gasteiger partial charge >= 0.3 is 0 Å². The van der Waals surface area contributed by atoms with Crippen molar-refractivity contribution < 1.29 is 22.7 Å². The van der Waals surface area contributed by atoms with Crippen LogP contribution in [0.15, 0.2) is 71.6 Å². The zero-order valence-electron chi connectivity index (χ0n) is 20.1. The lowest BCUT2D eigenvalue weighted by Gasteiger charge is -2.32. The van der Waals surface area contributed by atoms with Crippen LogP contribution >= 0.6 is 11.6 Å². The molecule has 3 N–H and O–H groups in total. The van der Waals surface area contributed by atoms with Crippen LogP contribution in [0.3, 0.4) is 0 Å². The van der Waals surface area contributed by atoms with Crippen molar-refractivity contribution in [3.63, 3.8) is 0 Å². The topological polar surface area (TPSA) is 115 Å². The van der Waals surface area contributed by atoms with Crippen molar-refractivity contribution in [1.82, 2.24) is 9.29 Å². The van der Waals surface area contributed by atoms with Crippen LogP contribution in [0.5, 0.6) is 5.75 Å². The van der Waals surface area contributed by atoms with Gasteiger partial charge in [-0.3, -0.25) is 4.79 Å². The molecule has 5 rings (SSSR count). The molecule has 2 heterocycles. The molecular weight excluding hydrogens is 514 g/mol. The summed E-state index contributed by atoms with van der Waals surface area (Å²) < 4.78 is 40.5. The summed E-state index contributed by atoms with van der Waals surface area (Å²) in [7, 11) is -4.09. The molecule has 0 spiro atoms. The fourth-order valence-electron chi connectivity index (χ4n) is 4.56. The van der Waals surface area contributed by atoms with Crippen molar-refractivity contribution in [1.29, 1.82) is 0 Å². The van der Waals surface area contributed by atoms with E-state index in [4.69, 9.17) is 26.8 Å². The Kier molecular flexibility index (Phi) is 6.96. The summed E-state index contributed by atoms with van der Waals surface area (Å²) in [6, 6.07) is 20.6. The summed E-state index contributed by atoms with van der Waals surface area (Å²) >= 11 is 6.12. The number of hydrogen-bond acceptors (Lipinski definition) is 5. The molecule has 1 aromatic heterocycles. The van der Waals surface area contributed by atoms with Gasteiger partial charge in [-0.05, 0) is 53.9 Å². The van der Waals surface area contributed by atoms with Crippen LogP contribution in [0.25, 0.3) is 22.0 Å². The first kappa shape index (κ1) is 25.3. The average molecular weight is 540 g/mol. The second kappa shape index (κ2) is 10.2. The SMILES string of the molecule is Cc1ccccc1-c1cccc(OCC2CN(S(=O)(=O)c3c(C(N)=O)[nH]c4ccc(Cl)cc34)CCO2)c1. The molecule has 1 saturated heterocycles. The second-order valence-electron chi connectivity index (χ2n) is 8.89. The number of aromatic amines is 1. The Bertz CT molecular complexity index is 1580. The van der Waals surface area contributed by atoms with Crippen LogP contribution in [0, 0.1) is 6.92 Å². The number of nitrogens with one attached hydrogen (secondary N) is 1. The van der Waals surface area contributed by atoms with Crippen LogP contribution in [0.2, 0.25) is 5.02 Å². The van der Waals surface area contributed by atoms with Gasteiger partial charge in [0.15, 0.2) is 0 Å². The maximum Gasteiger partial charge on any atom is 0.266 e. The Morgan fingerprint density at radius 2 is 1.97 bits per heavy atom. The molecule has 192 valence electrons. The largest absolute Gasteiger partial charge is 0.491 e. The third-order valence-electron chi connectivity index (χ3n) is 6.38. The second-order valence-corrected chi connectivity index (χ2v) is 11.2. The van der Waals surface area contributed by atoms with Crippen molar-refractivity contribution in [2.45, 2.75) is 17.9 Å². The van der Waals surface area contributed by atoms with E-state index in [0.717, 1.165) is 16.7 Å². The van der Waals surface area contributed by atoms with E-state index in [9.17, 15) is 13.2 Å². The molecule has 0 radical (unpaired) electrons. The average Bonchev–Trinajstić information content (AvgIpc) is 3.28. The van der Waals surface area contributed by atoms with E-state index in [-0.39, 0.29) is 36.9 Å². The molecule has 1 atom stereocenters. The number of amides is 1. The highest BCUT2D eigenvalue weighted by molar-refractivity contribution is 7.89. The Morgan fingerprint density at radius 1 is 1.16 bits per heavy atom. The molecule has 10 heteroatoms. The van der Waals surface area contributed by atoms with Gasteiger partial charge in [-0.1, -0.05) is 48.0 Å². The third kappa shape index (κ3) is 5.08. The molecule has 1 aliphatic heterocycles. The quantitative estimate of drug-likeness (QED) is 0.362. The van der Waals surface area contributed by atoms with Gasteiger partial charge in [0.2, 0.25) is 10.0 Å². The van der Waals surface area contributed by atoms with Gasteiger partial charge in [-0.15, -0.1) is 0 Å². The number of fused-ring (bicyclic) bond motifs is 1. The minimum Gasteiger partial charge on any atom is -0.491 e. The number of sulfonamides is 1. The van der Waals surface area contributed by atoms with Gasteiger partial charge in [-0.2, -0.15) is 4.31 Å². The summed E-state index contributed by atoms with van der Waals surface area (Å²) in [6.07, 6.45) is -0.503. The van der Waals surface area contributed by atoms with Crippen LogP contribution < -0.4 is 10.5 Å². The fraction of sp³-hybridized carbons (Fsp3) is 0.222. The summed E-state index contributed by atoms with van der Waals surface area (Å²) in [6.45, 7) is 2.59. The number of carbonyl (C=O) groups is 1. The van der Waals surface area contributed by atoms with E-state index < -0.39 is 22.0 Å². The molecule has 4 aromatic rings. The minimum absolute atomic E-state index is 0.0608. The number of primary amides is 1. The normalized spacial score (nSPS) is 16.6. The predicted octanol–water partition coefficient (Wildman–Crippen LogP) is 4.36. The molecule has 8 nitrogen and oxygen atoms in total. The Labute approximate surface area is 220 Å². The van der Waals surface area contributed by atoms with E-state index in [0.29, 0.717) is 21.7 Å². The van der Waals surface area contributed by atoms with Gasteiger partial charge in [0, 0.05) is 29.0 Å². The molecule has 3 aromatic carbocycles. The van der Waals surface area contributed by atoms with Crippen molar-refractivity contribution in [3.8, 4) is 16.9 Å². The number of carbonyl (C=O) groups excluding carboxylic acids is 1. The Morgan fingerprint density at radius 3 is 2.76 bits per heavy atom. The number of ether oxygens (including phenoxy) is 2. The monoisotopic (exact) mass is 539 g/mol. The van der Waals surface area contributed by atoms with Crippen LogP contribution in [0.1, 0.15) is 16.1 Å².